The third-order valence-corrected chi connectivity index (χ3v) is 4.26. The molecule has 0 heterocycles. The van der Waals surface area contributed by atoms with Crippen molar-refractivity contribution in [3.05, 3.63) is 0 Å². The standard InChI is InChI=1S/C12H23N/c1-2-9-3-4-11(8-13)12(7-9)10-5-6-10/h9-12H,2-8,13H2,1H3. The molecule has 2 rings (SSSR count). The van der Waals surface area contributed by atoms with Gasteiger partial charge in [-0.1, -0.05) is 19.8 Å². The zero-order valence-corrected chi connectivity index (χ0v) is 8.84. The molecular weight excluding hydrogens is 158 g/mol. The summed E-state index contributed by atoms with van der Waals surface area (Å²) in [6, 6.07) is 0. The summed E-state index contributed by atoms with van der Waals surface area (Å²) in [5, 5.41) is 0. The van der Waals surface area contributed by atoms with Crippen LogP contribution in [0.15, 0.2) is 0 Å². The minimum Gasteiger partial charge on any atom is -0.330 e. The normalized spacial score (nSPS) is 40.6. The fraction of sp³-hybridized carbons (Fsp3) is 1.00. The van der Waals surface area contributed by atoms with E-state index in [1.165, 1.54) is 38.5 Å². The lowest BCUT2D eigenvalue weighted by Gasteiger charge is -2.35. The van der Waals surface area contributed by atoms with Gasteiger partial charge in [-0.15, -0.1) is 0 Å². The van der Waals surface area contributed by atoms with Crippen molar-refractivity contribution >= 4 is 0 Å². The van der Waals surface area contributed by atoms with Crippen LogP contribution in [0.25, 0.3) is 0 Å². The fourth-order valence-corrected chi connectivity index (χ4v) is 3.12. The van der Waals surface area contributed by atoms with Crippen molar-refractivity contribution in [2.75, 3.05) is 6.54 Å². The molecule has 1 nitrogen and oxygen atoms in total. The van der Waals surface area contributed by atoms with Gasteiger partial charge in [0, 0.05) is 0 Å². The Balaban J connectivity index is 1.92. The fourth-order valence-electron chi connectivity index (χ4n) is 3.12. The lowest BCUT2D eigenvalue weighted by atomic mass is 9.71. The van der Waals surface area contributed by atoms with E-state index in [2.05, 4.69) is 6.92 Å². The van der Waals surface area contributed by atoms with Gasteiger partial charge in [0.15, 0.2) is 0 Å². The van der Waals surface area contributed by atoms with Gasteiger partial charge in [0.25, 0.3) is 0 Å². The number of hydrogen-bond acceptors (Lipinski definition) is 1. The van der Waals surface area contributed by atoms with Crippen LogP contribution in [0.1, 0.15) is 45.4 Å². The van der Waals surface area contributed by atoms with Crippen LogP contribution in [0.5, 0.6) is 0 Å². The molecular formula is C12H23N. The van der Waals surface area contributed by atoms with Crippen LogP contribution >= 0.6 is 0 Å². The molecule has 2 aliphatic carbocycles. The topological polar surface area (TPSA) is 26.0 Å². The summed E-state index contributed by atoms with van der Waals surface area (Å²) in [6.45, 7) is 3.29. The maximum Gasteiger partial charge on any atom is -0.00461 e. The summed E-state index contributed by atoms with van der Waals surface area (Å²) < 4.78 is 0. The van der Waals surface area contributed by atoms with Crippen molar-refractivity contribution in [3.8, 4) is 0 Å². The van der Waals surface area contributed by atoms with Crippen LogP contribution in [-0.2, 0) is 0 Å². The average molecular weight is 181 g/mol. The molecule has 0 radical (unpaired) electrons. The van der Waals surface area contributed by atoms with Crippen LogP contribution in [-0.4, -0.2) is 6.54 Å². The van der Waals surface area contributed by atoms with Gasteiger partial charge in [0.1, 0.15) is 0 Å². The van der Waals surface area contributed by atoms with Crippen LogP contribution < -0.4 is 5.73 Å². The Kier molecular flexibility index (Phi) is 2.92. The molecule has 2 N–H and O–H groups in total. The van der Waals surface area contributed by atoms with Crippen molar-refractivity contribution in [1.29, 1.82) is 0 Å². The quantitative estimate of drug-likeness (QED) is 0.712. The van der Waals surface area contributed by atoms with E-state index in [1.54, 1.807) is 0 Å². The van der Waals surface area contributed by atoms with Gasteiger partial charge >= 0.3 is 0 Å². The average Bonchev–Trinajstić information content (AvgIpc) is 3.00. The molecule has 76 valence electrons. The van der Waals surface area contributed by atoms with Gasteiger partial charge in [-0.25, -0.2) is 0 Å². The first-order valence-electron chi connectivity index (χ1n) is 6.05. The van der Waals surface area contributed by atoms with E-state index < -0.39 is 0 Å². The number of rotatable bonds is 3. The Labute approximate surface area is 82.1 Å². The molecule has 3 unspecified atom stereocenters. The molecule has 0 saturated heterocycles. The summed E-state index contributed by atoms with van der Waals surface area (Å²) in [6.07, 6.45) is 8.73. The van der Waals surface area contributed by atoms with Crippen LogP contribution in [0.3, 0.4) is 0 Å². The minimum absolute atomic E-state index is 0.871. The Morgan fingerprint density at radius 2 is 1.92 bits per heavy atom. The Morgan fingerprint density at radius 3 is 2.46 bits per heavy atom. The van der Waals surface area contributed by atoms with E-state index >= 15 is 0 Å². The van der Waals surface area contributed by atoms with Gasteiger partial charge in [-0.2, -0.15) is 0 Å². The highest BCUT2D eigenvalue weighted by Gasteiger charge is 2.39. The van der Waals surface area contributed by atoms with Crippen molar-refractivity contribution in [3.63, 3.8) is 0 Å². The first-order valence-corrected chi connectivity index (χ1v) is 6.05. The maximum atomic E-state index is 5.85. The van der Waals surface area contributed by atoms with E-state index in [-0.39, 0.29) is 0 Å². The van der Waals surface area contributed by atoms with Crippen LogP contribution in [0.2, 0.25) is 0 Å². The molecule has 0 aliphatic heterocycles. The summed E-state index contributed by atoms with van der Waals surface area (Å²) >= 11 is 0. The molecule has 2 saturated carbocycles. The Bertz CT molecular complexity index is 163. The van der Waals surface area contributed by atoms with E-state index in [1.807, 2.05) is 0 Å². The van der Waals surface area contributed by atoms with Crippen LogP contribution in [0.4, 0.5) is 0 Å². The molecule has 0 aromatic heterocycles. The number of nitrogens with two attached hydrogens (primary N) is 1. The van der Waals surface area contributed by atoms with Gasteiger partial charge in [-0.05, 0) is 55.9 Å². The highest BCUT2D eigenvalue weighted by molar-refractivity contribution is 4.90. The molecule has 0 spiro atoms. The first-order chi connectivity index (χ1) is 6.35. The van der Waals surface area contributed by atoms with Crippen molar-refractivity contribution in [1.82, 2.24) is 0 Å². The summed E-state index contributed by atoms with van der Waals surface area (Å²) in [7, 11) is 0. The van der Waals surface area contributed by atoms with Gasteiger partial charge in [-0.3, -0.25) is 0 Å². The zero-order valence-electron chi connectivity index (χ0n) is 8.84. The second-order valence-corrected chi connectivity index (χ2v) is 5.08. The van der Waals surface area contributed by atoms with Gasteiger partial charge in [0.05, 0.1) is 0 Å². The van der Waals surface area contributed by atoms with E-state index in [0.29, 0.717) is 0 Å². The Hall–Kier alpha value is -0.0400. The van der Waals surface area contributed by atoms with Gasteiger partial charge < -0.3 is 5.73 Å². The van der Waals surface area contributed by atoms with E-state index in [4.69, 9.17) is 5.73 Å². The molecule has 0 aromatic carbocycles. The van der Waals surface area contributed by atoms with Gasteiger partial charge in [0.2, 0.25) is 0 Å². The molecule has 3 atom stereocenters. The minimum atomic E-state index is 0.871. The van der Waals surface area contributed by atoms with Crippen molar-refractivity contribution < 1.29 is 0 Å². The third kappa shape index (κ3) is 2.07. The molecule has 2 aliphatic rings. The molecule has 13 heavy (non-hydrogen) atoms. The maximum absolute atomic E-state index is 5.85. The molecule has 0 amide bonds. The SMILES string of the molecule is CCC1CCC(CN)C(C2CC2)C1. The van der Waals surface area contributed by atoms with Crippen molar-refractivity contribution in [2.24, 2.45) is 29.4 Å². The second-order valence-electron chi connectivity index (χ2n) is 5.08. The monoisotopic (exact) mass is 181 g/mol. The second kappa shape index (κ2) is 4.00. The molecule has 0 bridgehead atoms. The third-order valence-electron chi connectivity index (χ3n) is 4.26. The smallest absolute Gasteiger partial charge is 0.00461 e. The van der Waals surface area contributed by atoms with Crippen LogP contribution in [0, 0.1) is 23.7 Å². The number of hydrogen-bond donors (Lipinski definition) is 1. The summed E-state index contributed by atoms with van der Waals surface area (Å²) in [5.41, 5.74) is 5.85. The first kappa shape index (κ1) is 9.51. The molecule has 2 fully saturated rings. The lowest BCUT2D eigenvalue weighted by molar-refractivity contribution is 0.160. The largest absolute Gasteiger partial charge is 0.330 e. The predicted molar refractivity (Wildman–Crippen MR) is 56.4 cm³/mol. The van der Waals surface area contributed by atoms with E-state index in [0.717, 1.165) is 30.2 Å². The van der Waals surface area contributed by atoms with Crippen molar-refractivity contribution in [2.45, 2.75) is 45.4 Å². The molecule has 0 aromatic rings. The molecule has 1 heteroatoms. The summed E-state index contributed by atoms with van der Waals surface area (Å²) in [4.78, 5) is 0. The lowest BCUT2D eigenvalue weighted by Crippen LogP contribution is -2.31. The Morgan fingerprint density at radius 1 is 1.15 bits per heavy atom. The predicted octanol–water partition coefficient (Wildman–Crippen LogP) is 2.80. The van der Waals surface area contributed by atoms with E-state index in [9.17, 15) is 0 Å². The summed E-state index contributed by atoms with van der Waals surface area (Å²) in [5.74, 6) is 3.97. The highest BCUT2D eigenvalue weighted by Crippen LogP contribution is 2.48. The zero-order chi connectivity index (χ0) is 9.26. The highest BCUT2D eigenvalue weighted by atomic mass is 14.6.